The highest BCUT2D eigenvalue weighted by molar-refractivity contribution is 6.10. The van der Waals surface area contributed by atoms with Crippen LogP contribution in [0.2, 0.25) is 0 Å². The summed E-state index contributed by atoms with van der Waals surface area (Å²) in [6.07, 6.45) is 2.58. The second-order valence-electron chi connectivity index (χ2n) is 5.24. The number of ketones is 1. The number of aryl methyl sites for hydroxylation is 2. The topological polar surface area (TPSA) is 42.3 Å². The van der Waals surface area contributed by atoms with Gasteiger partial charge in [-0.15, -0.1) is 0 Å². The molecule has 0 fully saturated rings. The highest BCUT2D eigenvalue weighted by atomic mass is 16.2. The van der Waals surface area contributed by atoms with E-state index < -0.39 is 0 Å². The fraction of sp³-hybridized carbons (Fsp3) is 0.250. The Morgan fingerprint density at radius 3 is 2.75 bits per heavy atom. The molecule has 20 heavy (non-hydrogen) atoms. The quantitative estimate of drug-likeness (QED) is 0.793. The number of rotatable bonds is 1. The third-order valence-electron chi connectivity index (χ3n) is 3.67. The fourth-order valence-electron chi connectivity index (χ4n) is 2.60. The number of aromatic nitrogens is 1. The third-order valence-corrected chi connectivity index (χ3v) is 3.67. The highest BCUT2D eigenvalue weighted by Crippen LogP contribution is 2.22. The number of benzene rings is 1. The van der Waals surface area contributed by atoms with Crippen LogP contribution in [0.5, 0.6) is 0 Å². The van der Waals surface area contributed by atoms with Gasteiger partial charge in [0.15, 0.2) is 0 Å². The second-order valence-corrected chi connectivity index (χ2v) is 5.24. The molecule has 2 aromatic rings. The van der Waals surface area contributed by atoms with Crippen LogP contribution in [0.1, 0.15) is 32.0 Å². The molecule has 0 unspecified atom stereocenters. The molecule has 2 heterocycles. The van der Waals surface area contributed by atoms with Gasteiger partial charge in [-0.3, -0.25) is 9.59 Å². The maximum Gasteiger partial charge on any atom is 0.254 e. The molecule has 1 aromatic carbocycles. The normalized spacial score (nSPS) is 13.4. The molecule has 0 bridgehead atoms. The van der Waals surface area contributed by atoms with Crippen LogP contribution in [0.15, 0.2) is 36.5 Å². The average Bonchev–Trinajstić information content (AvgIpc) is 2.82. The number of hydrogen-bond donors (Lipinski definition) is 0. The molecule has 4 heteroatoms. The van der Waals surface area contributed by atoms with Gasteiger partial charge >= 0.3 is 0 Å². The zero-order chi connectivity index (χ0) is 14.3. The Labute approximate surface area is 117 Å². The molecule has 1 aromatic heterocycles. The molecule has 1 aliphatic rings. The SMILES string of the molecule is CN(C)C(=O)c1cc2n(c1)CCc1ccccc1C2=O. The Kier molecular flexibility index (Phi) is 2.93. The van der Waals surface area contributed by atoms with Crippen molar-refractivity contribution in [1.29, 1.82) is 0 Å². The van der Waals surface area contributed by atoms with E-state index >= 15 is 0 Å². The molecule has 3 rings (SSSR count). The lowest BCUT2D eigenvalue weighted by Crippen LogP contribution is -2.21. The maximum absolute atomic E-state index is 12.6. The molecular weight excluding hydrogens is 252 g/mol. The van der Waals surface area contributed by atoms with Crippen LogP contribution in [-0.2, 0) is 13.0 Å². The van der Waals surface area contributed by atoms with E-state index in [0.29, 0.717) is 11.3 Å². The molecule has 0 radical (unpaired) electrons. The predicted octanol–water partition coefficient (Wildman–Crippen LogP) is 1.98. The van der Waals surface area contributed by atoms with E-state index in [9.17, 15) is 9.59 Å². The maximum atomic E-state index is 12.6. The first kappa shape index (κ1) is 12.7. The molecule has 0 spiro atoms. The zero-order valence-electron chi connectivity index (χ0n) is 11.6. The molecule has 1 aliphatic heterocycles. The Bertz CT molecular complexity index is 698. The van der Waals surface area contributed by atoms with E-state index in [0.717, 1.165) is 24.1 Å². The number of hydrogen-bond acceptors (Lipinski definition) is 2. The summed E-state index contributed by atoms with van der Waals surface area (Å²) in [4.78, 5) is 26.1. The first-order chi connectivity index (χ1) is 9.58. The van der Waals surface area contributed by atoms with E-state index in [-0.39, 0.29) is 11.7 Å². The van der Waals surface area contributed by atoms with Crippen molar-refractivity contribution in [3.05, 3.63) is 58.9 Å². The Hall–Kier alpha value is -2.36. The molecule has 102 valence electrons. The monoisotopic (exact) mass is 268 g/mol. The van der Waals surface area contributed by atoms with Gasteiger partial charge in [0.2, 0.25) is 5.78 Å². The van der Waals surface area contributed by atoms with Crippen LogP contribution in [0, 0.1) is 0 Å². The standard InChI is InChI=1S/C16H16N2O2/c1-17(2)16(20)12-9-14-15(19)13-6-4-3-5-11(13)7-8-18(14)10-12/h3-6,9-10H,7-8H2,1-2H3. The van der Waals surface area contributed by atoms with E-state index in [2.05, 4.69) is 0 Å². The van der Waals surface area contributed by atoms with Crippen LogP contribution in [-0.4, -0.2) is 35.3 Å². The summed E-state index contributed by atoms with van der Waals surface area (Å²) >= 11 is 0. The lowest BCUT2D eigenvalue weighted by Gasteiger charge is -2.08. The largest absolute Gasteiger partial charge is 0.345 e. The number of fused-ring (bicyclic) bond motifs is 2. The van der Waals surface area contributed by atoms with E-state index in [1.165, 1.54) is 4.90 Å². The van der Waals surface area contributed by atoms with Gasteiger partial charge in [0.25, 0.3) is 5.91 Å². The molecule has 0 saturated heterocycles. The summed E-state index contributed by atoms with van der Waals surface area (Å²) in [7, 11) is 3.42. The van der Waals surface area contributed by atoms with E-state index in [4.69, 9.17) is 0 Å². The summed E-state index contributed by atoms with van der Waals surface area (Å²) in [6, 6.07) is 9.38. The van der Waals surface area contributed by atoms with Gasteiger partial charge in [-0.1, -0.05) is 24.3 Å². The van der Waals surface area contributed by atoms with Gasteiger partial charge < -0.3 is 9.47 Å². The number of carbonyl (C=O) groups is 2. The minimum Gasteiger partial charge on any atom is -0.345 e. The lowest BCUT2D eigenvalue weighted by atomic mass is 10.0. The van der Waals surface area contributed by atoms with Gasteiger partial charge in [-0.2, -0.15) is 0 Å². The number of amides is 1. The first-order valence-electron chi connectivity index (χ1n) is 6.62. The van der Waals surface area contributed by atoms with Gasteiger partial charge in [-0.25, -0.2) is 0 Å². The van der Waals surface area contributed by atoms with Crippen LogP contribution < -0.4 is 0 Å². The zero-order valence-corrected chi connectivity index (χ0v) is 11.6. The van der Waals surface area contributed by atoms with Crippen molar-refractivity contribution in [2.75, 3.05) is 14.1 Å². The number of nitrogens with zero attached hydrogens (tertiary/aromatic N) is 2. The van der Waals surface area contributed by atoms with Crippen LogP contribution in [0.4, 0.5) is 0 Å². The van der Waals surface area contributed by atoms with Crippen molar-refractivity contribution in [1.82, 2.24) is 9.47 Å². The summed E-state index contributed by atoms with van der Waals surface area (Å²) in [6.45, 7) is 0.721. The van der Waals surface area contributed by atoms with Crippen molar-refractivity contribution >= 4 is 11.7 Å². The Morgan fingerprint density at radius 2 is 2.00 bits per heavy atom. The van der Waals surface area contributed by atoms with Crippen molar-refractivity contribution in [2.24, 2.45) is 0 Å². The van der Waals surface area contributed by atoms with Crippen molar-refractivity contribution < 1.29 is 9.59 Å². The third kappa shape index (κ3) is 1.93. The molecule has 0 saturated carbocycles. The Morgan fingerprint density at radius 1 is 1.25 bits per heavy atom. The smallest absolute Gasteiger partial charge is 0.254 e. The fourth-order valence-corrected chi connectivity index (χ4v) is 2.60. The number of carbonyl (C=O) groups excluding carboxylic acids is 2. The molecule has 0 atom stereocenters. The summed E-state index contributed by atoms with van der Waals surface area (Å²) in [5.74, 6) is -0.0810. The van der Waals surface area contributed by atoms with E-state index in [1.807, 2.05) is 28.8 Å². The average molecular weight is 268 g/mol. The second kappa shape index (κ2) is 4.63. The van der Waals surface area contributed by atoms with Crippen LogP contribution >= 0.6 is 0 Å². The summed E-state index contributed by atoms with van der Waals surface area (Å²) in [5, 5.41) is 0. The van der Waals surface area contributed by atoms with Crippen molar-refractivity contribution in [3.63, 3.8) is 0 Å². The molecule has 1 amide bonds. The summed E-state index contributed by atoms with van der Waals surface area (Å²) in [5.41, 5.74) is 2.98. The molecular formula is C16H16N2O2. The van der Waals surface area contributed by atoms with Crippen molar-refractivity contribution in [2.45, 2.75) is 13.0 Å². The van der Waals surface area contributed by atoms with E-state index in [1.54, 1.807) is 26.4 Å². The Balaban J connectivity index is 2.07. The predicted molar refractivity (Wildman–Crippen MR) is 76.0 cm³/mol. The van der Waals surface area contributed by atoms with Gasteiger partial charge in [0.05, 0.1) is 11.3 Å². The molecule has 4 nitrogen and oxygen atoms in total. The van der Waals surface area contributed by atoms with Crippen LogP contribution in [0.3, 0.4) is 0 Å². The van der Waals surface area contributed by atoms with Gasteiger partial charge in [0.1, 0.15) is 0 Å². The first-order valence-corrected chi connectivity index (χ1v) is 6.62. The van der Waals surface area contributed by atoms with Crippen LogP contribution in [0.25, 0.3) is 0 Å². The molecule has 0 aliphatic carbocycles. The van der Waals surface area contributed by atoms with Gasteiger partial charge in [-0.05, 0) is 18.1 Å². The molecule has 0 N–H and O–H groups in total. The lowest BCUT2D eigenvalue weighted by molar-refractivity contribution is 0.0827. The summed E-state index contributed by atoms with van der Waals surface area (Å²) < 4.78 is 1.89. The minimum absolute atomic E-state index is 0.00379. The van der Waals surface area contributed by atoms with Crippen molar-refractivity contribution in [3.8, 4) is 0 Å². The van der Waals surface area contributed by atoms with Gasteiger partial charge in [0, 0.05) is 32.4 Å². The minimum atomic E-state index is -0.0772. The highest BCUT2D eigenvalue weighted by Gasteiger charge is 2.23.